The van der Waals surface area contributed by atoms with Gasteiger partial charge in [0.15, 0.2) is 22.9 Å². The third-order valence-electron chi connectivity index (χ3n) is 6.11. The van der Waals surface area contributed by atoms with Gasteiger partial charge in [0.1, 0.15) is 0 Å². The largest absolute Gasteiger partial charge is 0.503 e. The highest BCUT2D eigenvalue weighted by atomic mass is 35.5. The average Bonchev–Trinajstić information content (AvgIpc) is 3.42. The Morgan fingerprint density at radius 2 is 1.81 bits per heavy atom. The molecule has 0 bridgehead atoms. The van der Waals surface area contributed by atoms with Crippen molar-refractivity contribution in [2.24, 2.45) is 0 Å². The molecular formula is C27H22ClN3O5. The van der Waals surface area contributed by atoms with Crippen LogP contribution >= 0.6 is 11.6 Å². The number of halogens is 1. The summed E-state index contributed by atoms with van der Waals surface area (Å²) in [6.45, 7) is 0. The summed E-state index contributed by atoms with van der Waals surface area (Å²) in [4.78, 5) is 34.5. The van der Waals surface area contributed by atoms with Crippen LogP contribution in [0.15, 0.2) is 82.7 Å². The number of benzene rings is 2. The summed E-state index contributed by atoms with van der Waals surface area (Å²) in [5.74, 6) is -1.63. The Labute approximate surface area is 212 Å². The number of carbonyl (C=O) groups excluding carboxylic acids is 2. The maximum absolute atomic E-state index is 13.8. The molecule has 1 atom stereocenters. The second-order valence-corrected chi connectivity index (χ2v) is 8.93. The van der Waals surface area contributed by atoms with Crippen LogP contribution in [0.5, 0.6) is 5.75 Å². The van der Waals surface area contributed by atoms with E-state index in [1.807, 2.05) is 31.1 Å². The van der Waals surface area contributed by atoms with Gasteiger partial charge in [-0.05, 0) is 54.1 Å². The molecule has 0 radical (unpaired) electrons. The number of anilines is 2. The van der Waals surface area contributed by atoms with Crippen LogP contribution < -0.4 is 14.5 Å². The Balaban J connectivity index is 1.63. The van der Waals surface area contributed by atoms with Gasteiger partial charge in [-0.2, -0.15) is 0 Å². The third kappa shape index (κ3) is 3.85. The standard InChI is InChI=1S/C27H22ClN3O5/c1-30(2)18-4-6-19(7-5-18)31-23(15-8-10-29-11-9-15)22(25(33)27(31)34)24(32)20-13-16-12-17(28)14-21(35-3)26(16)36-20/h4-14,23,33H,1-3H3. The van der Waals surface area contributed by atoms with Crippen LogP contribution in [0.1, 0.15) is 22.2 Å². The number of nitrogens with zero attached hydrogens (tertiary/aromatic N) is 3. The van der Waals surface area contributed by atoms with Crippen LogP contribution in [-0.2, 0) is 4.79 Å². The predicted octanol–water partition coefficient (Wildman–Crippen LogP) is 5.34. The van der Waals surface area contributed by atoms with E-state index in [2.05, 4.69) is 4.98 Å². The summed E-state index contributed by atoms with van der Waals surface area (Å²) < 4.78 is 11.2. The van der Waals surface area contributed by atoms with Crippen molar-refractivity contribution in [2.75, 3.05) is 31.0 Å². The first-order chi connectivity index (χ1) is 17.3. The number of Topliss-reactive ketones (excluding diaryl/α,β-unsaturated/α-hetero) is 1. The zero-order valence-corrected chi connectivity index (χ0v) is 20.5. The highest BCUT2D eigenvalue weighted by Gasteiger charge is 2.45. The maximum atomic E-state index is 13.8. The molecule has 182 valence electrons. The fraction of sp³-hybridized carbons (Fsp3) is 0.148. The number of pyridine rings is 1. The van der Waals surface area contributed by atoms with E-state index in [4.69, 9.17) is 20.8 Å². The van der Waals surface area contributed by atoms with Gasteiger partial charge in [-0.25, -0.2) is 0 Å². The minimum atomic E-state index is -0.892. The molecule has 3 heterocycles. The SMILES string of the molecule is COc1cc(Cl)cc2cc(C(=O)C3=C(O)C(=O)N(c4ccc(N(C)C)cc4)C3c3ccncc3)oc12. The maximum Gasteiger partial charge on any atom is 0.294 e. The van der Waals surface area contributed by atoms with Gasteiger partial charge in [-0.3, -0.25) is 19.5 Å². The number of ether oxygens (including phenoxy) is 1. The first-order valence-corrected chi connectivity index (χ1v) is 11.4. The molecule has 36 heavy (non-hydrogen) atoms. The van der Waals surface area contributed by atoms with Gasteiger partial charge in [-0.15, -0.1) is 0 Å². The highest BCUT2D eigenvalue weighted by molar-refractivity contribution is 6.31. The molecule has 0 spiro atoms. The minimum Gasteiger partial charge on any atom is -0.503 e. The van der Waals surface area contributed by atoms with Gasteiger partial charge in [0, 0.05) is 54.3 Å². The summed E-state index contributed by atoms with van der Waals surface area (Å²) >= 11 is 6.17. The molecule has 1 N–H and O–H groups in total. The fourth-order valence-electron chi connectivity index (χ4n) is 4.36. The lowest BCUT2D eigenvalue weighted by Crippen LogP contribution is -2.31. The Morgan fingerprint density at radius 1 is 1.11 bits per heavy atom. The third-order valence-corrected chi connectivity index (χ3v) is 6.33. The van der Waals surface area contributed by atoms with E-state index in [9.17, 15) is 14.7 Å². The summed E-state index contributed by atoms with van der Waals surface area (Å²) in [6, 6.07) is 14.5. The Hall–Kier alpha value is -4.30. The zero-order valence-electron chi connectivity index (χ0n) is 19.7. The molecule has 0 saturated heterocycles. The zero-order chi connectivity index (χ0) is 25.6. The molecule has 1 aliphatic rings. The quantitative estimate of drug-likeness (QED) is 0.355. The number of hydrogen-bond acceptors (Lipinski definition) is 7. The molecule has 1 aliphatic heterocycles. The van der Waals surface area contributed by atoms with Crippen LogP contribution in [0, 0.1) is 0 Å². The van der Waals surface area contributed by atoms with Gasteiger partial charge in [0.2, 0.25) is 5.78 Å². The monoisotopic (exact) mass is 503 g/mol. The Kier molecular flexibility index (Phi) is 5.89. The number of amides is 1. The minimum absolute atomic E-state index is 0.0521. The number of aliphatic hydroxyl groups excluding tert-OH is 1. The van der Waals surface area contributed by atoms with E-state index < -0.39 is 23.5 Å². The normalized spacial score (nSPS) is 15.6. The average molecular weight is 504 g/mol. The molecular weight excluding hydrogens is 482 g/mol. The number of furan rings is 1. The van der Waals surface area contributed by atoms with Crippen LogP contribution in [0.4, 0.5) is 11.4 Å². The van der Waals surface area contributed by atoms with Crippen molar-refractivity contribution < 1.29 is 23.8 Å². The van der Waals surface area contributed by atoms with E-state index in [0.717, 1.165) is 5.69 Å². The van der Waals surface area contributed by atoms with Crippen molar-refractivity contribution >= 4 is 45.6 Å². The summed E-state index contributed by atoms with van der Waals surface area (Å²) in [7, 11) is 5.29. The van der Waals surface area contributed by atoms with Crippen molar-refractivity contribution in [1.29, 1.82) is 0 Å². The van der Waals surface area contributed by atoms with Crippen LogP contribution in [0.3, 0.4) is 0 Å². The molecule has 0 saturated carbocycles. The van der Waals surface area contributed by atoms with Gasteiger partial charge in [0.05, 0.1) is 18.7 Å². The second kappa shape index (κ2) is 9.05. The molecule has 9 heteroatoms. The first-order valence-electron chi connectivity index (χ1n) is 11.1. The topological polar surface area (TPSA) is 96.1 Å². The fourth-order valence-corrected chi connectivity index (χ4v) is 4.57. The number of hydrogen-bond donors (Lipinski definition) is 1. The summed E-state index contributed by atoms with van der Waals surface area (Å²) in [6.07, 6.45) is 3.14. The molecule has 1 amide bonds. The van der Waals surface area contributed by atoms with Crippen LogP contribution in [0.2, 0.25) is 5.02 Å². The summed E-state index contributed by atoms with van der Waals surface area (Å²) in [5.41, 5.74) is 2.33. The molecule has 2 aromatic heterocycles. The smallest absolute Gasteiger partial charge is 0.294 e. The van der Waals surface area contributed by atoms with Crippen molar-refractivity contribution in [1.82, 2.24) is 4.98 Å². The predicted molar refractivity (Wildman–Crippen MR) is 137 cm³/mol. The highest BCUT2D eigenvalue weighted by Crippen LogP contribution is 2.43. The van der Waals surface area contributed by atoms with E-state index in [1.165, 1.54) is 18.1 Å². The number of ketones is 1. The van der Waals surface area contributed by atoms with Crippen LogP contribution in [0.25, 0.3) is 11.0 Å². The van der Waals surface area contributed by atoms with Crippen molar-refractivity contribution in [3.05, 3.63) is 94.7 Å². The molecule has 2 aromatic carbocycles. The summed E-state index contributed by atoms with van der Waals surface area (Å²) in [5, 5.41) is 11.9. The molecule has 4 aromatic rings. The van der Waals surface area contributed by atoms with E-state index >= 15 is 0 Å². The van der Waals surface area contributed by atoms with Gasteiger partial charge in [-0.1, -0.05) is 11.6 Å². The van der Waals surface area contributed by atoms with Gasteiger partial charge in [0.25, 0.3) is 5.91 Å². The van der Waals surface area contributed by atoms with E-state index in [0.29, 0.717) is 33.0 Å². The number of methoxy groups -OCH3 is 1. The van der Waals surface area contributed by atoms with Crippen molar-refractivity contribution in [3.63, 3.8) is 0 Å². The molecule has 0 fully saturated rings. The Bertz CT molecular complexity index is 1510. The van der Waals surface area contributed by atoms with Crippen molar-refractivity contribution in [2.45, 2.75) is 6.04 Å². The van der Waals surface area contributed by atoms with Gasteiger partial charge >= 0.3 is 0 Å². The second-order valence-electron chi connectivity index (χ2n) is 8.50. The molecule has 8 nitrogen and oxygen atoms in total. The van der Waals surface area contributed by atoms with Gasteiger partial charge < -0.3 is 19.2 Å². The number of rotatable bonds is 6. The van der Waals surface area contributed by atoms with Crippen LogP contribution in [-0.4, -0.2) is 43.0 Å². The number of fused-ring (bicyclic) bond motifs is 1. The van der Waals surface area contributed by atoms with Crippen molar-refractivity contribution in [3.8, 4) is 5.75 Å². The molecule has 1 unspecified atom stereocenters. The number of carbonyl (C=O) groups is 2. The molecule has 5 rings (SSSR count). The lowest BCUT2D eigenvalue weighted by Gasteiger charge is -2.27. The lowest BCUT2D eigenvalue weighted by molar-refractivity contribution is -0.117. The van der Waals surface area contributed by atoms with E-state index in [-0.39, 0.29) is 11.3 Å². The first kappa shape index (κ1) is 23.4. The van der Waals surface area contributed by atoms with E-state index in [1.54, 1.807) is 48.8 Å². The number of aromatic nitrogens is 1. The number of aliphatic hydroxyl groups is 1. The lowest BCUT2D eigenvalue weighted by atomic mass is 9.95. The Morgan fingerprint density at radius 3 is 2.44 bits per heavy atom. The molecule has 0 aliphatic carbocycles.